The van der Waals surface area contributed by atoms with Crippen LogP contribution >= 0.6 is 0 Å². The number of hydrogen-bond acceptors (Lipinski definition) is 3. The first-order valence-corrected chi connectivity index (χ1v) is 8.04. The summed E-state index contributed by atoms with van der Waals surface area (Å²) in [6.45, 7) is -1.29. The van der Waals surface area contributed by atoms with E-state index in [1.807, 2.05) is 0 Å². The number of nitrogens with one attached hydrogen (secondary N) is 1. The summed E-state index contributed by atoms with van der Waals surface area (Å²) >= 11 is 0. The van der Waals surface area contributed by atoms with E-state index in [1.54, 1.807) is 36.4 Å². The van der Waals surface area contributed by atoms with E-state index >= 15 is 0 Å². The van der Waals surface area contributed by atoms with E-state index in [9.17, 15) is 22.8 Å². The predicted octanol–water partition coefficient (Wildman–Crippen LogP) is 3.32. The molecule has 0 aromatic heterocycles. The molecule has 0 aliphatic heterocycles. The standard InChI is InChI=1S/C19H18F3NO4/c20-19(21,22)12-27-11-15-5-1-4-14(7-15)10-23-17(24)9-13-3-2-6-16(8-13)18(25)26/h1-8H,9-12H2,(H,23,24)(H,25,26). The molecule has 27 heavy (non-hydrogen) atoms. The van der Waals surface area contributed by atoms with Gasteiger partial charge in [-0.05, 0) is 28.8 Å². The van der Waals surface area contributed by atoms with Crippen molar-refractivity contribution in [2.24, 2.45) is 0 Å². The lowest BCUT2D eigenvalue weighted by Gasteiger charge is -2.10. The Morgan fingerprint density at radius 3 is 2.37 bits per heavy atom. The highest BCUT2D eigenvalue weighted by molar-refractivity contribution is 5.88. The molecule has 0 atom stereocenters. The maximum atomic E-state index is 12.1. The third kappa shape index (κ3) is 7.49. The van der Waals surface area contributed by atoms with Crippen LogP contribution in [0.25, 0.3) is 0 Å². The molecule has 2 rings (SSSR count). The van der Waals surface area contributed by atoms with Gasteiger partial charge in [-0.1, -0.05) is 36.4 Å². The molecule has 0 aliphatic rings. The van der Waals surface area contributed by atoms with Gasteiger partial charge in [-0.15, -0.1) is 0 Å². The molecule has 0 aliphatic carbocycles. The third-order valence-electron chi connectivity index (χ3n) is 3.55. The Morgan fingerprint density at radius 2 is 1.67 bits per heavy atom. The monoisotopic (exact) mass is 381 g/mol. The number of amides is 1. The Kier molecular flexibility index (Phi) is 6.95. The lowest BCUT2D eigenvalue weighted by Crippen LogP contribution is -2.24. The van der Waals surface area contributed by atoms with Gasteiger partial charge in [0.15, 0.2) is 0 Å². The molecular formula is C19H18F3NO4. The fraction of sp³-hybridized carbons (Fsp3) is 0.263. The van der Waals surface area contributed by atoms with Crippen molar-refractivity contribution in [3.63, 3.8) is 0 Å². The Morgan fingerprint density at radius 1 is 1.00 bits per heavy atom. The molecule has 5 nitrogen and oxygen atoms in total. The van der Waals surface area contributed by atoms with Crippen LogP contribution < -0.4 is 5.32 Å². The van der Waals surface area contributed by atoms with Crippen molar-refractivity contribution < 1.29 is 32.6 Å². The van der Waals surface area contributed by atoms with Gasteiger partial charge in [-0.2, -0.15) is 13.2 Å². The zero-order chi connectivity index (χ0) is 19.9. The molecule has 8 heteroatoms. The van der Waals surface area contributed by atoms with E-state index < -0.39 is 18.8 Å². The third-order valence-corrected chi connectivity index (χ3v) is 3.55. The van der Waals surface area contributed by atoms with E-state index in [1.165, 1.54) is 12.1 Å². The number of carbonyl (C=O) groups excluding carboxylic acids is 1. The minimum absolute atomic E-state index is 0.0233. The average Bonchev–Trinajstić information content (AvgIpc) is 2.59. The molecule has 0 spiro atoms. The maximum Gasteiger partial charge on any atom is 0.411 e. The predicted molar refractivity (Wildman–Crippen MR) is 91.1 cm³/mol. The summed E-state index contributed by atoms with van der Waals surface area (Å²) < 4.78 is 40.9. The molecule has 0 heterocycles. The second-order valence-electron chi connectivity index (χ2n) is 5.89. The van der Waals surface area contributed by atoms with Crippen LogP contribution in [0.5, 0.6) is 0 Å². The van der Waals surface area contributed by atoms with Crippen LogP contribution in [0.2, 0.25) is 0 Å². The van der Waals surface area contributed by atoms with Gasteiger partial charge in [0.25, 0.3) is 0 Å². The van der Waals surface area contributed by atoms with Crippen molar-refractivity contribution in [3.05, 3.63) is 70.8 Å². The molecular weight excluding hydrogens is 363 g/mol. The number of carbonyl (C=O) groups is 2. The molecule has 0 unspecified atom stereocenters. The van der Waals surface area contributed by atoms with E-state index in [0.29, 0.717) is 11.1 Å². The Hall–Kier alpha value is -2.87. The number of alkyl halides is 3. The van der Waals surface area contributed by atoms with Crippen LogP contribution in [0, 0.1) is 0 Å². The normalized spacial score (nSPS) is 11.2. The van der Waals surface area contributed by atoms with Gasteiger partial charge < -0.3 is 15.2 Å². The summed E-state index contributed by atoms with van der Waals surface area (Å²) in [6.07, 6.45) is -4.35. The highest BCUT2D eigenvalue weighted by Crippen LogP contribution is 2.16. The van der Waals surface area contributed by atoms with Crippen molar-refractivity contribution in [2.75, 3.05) is 6.61 Å². The molecule has 0 saturated carbocycles. The molecule has 2 aromatic carbocycles. The minimum Gasteiger partial charge on any atom is -0.478 e. The van der Waals surface area contributed by atoms with E-state index in [2.05, 4.69) is 10.1 Å². The first kappa shape index (κ1) is 20.4. The second-order valence-corrected chi connectivity index (χ2v) is 5.89. The number of carboxylic acid groups (broad SMARTS) is 1. The molecule has 0 bridgehead atoms. The average molecular weight is 381 g/mol. The Labute approximate surface area is 153 Å². The van der Waals surface area contributed by atoms with Gasteiger partial charge >= 0.3 is 12.1 Å². The van der Waals surface area contributed by atoms with Crippen LogP contribution in [-0.2, 0) is 29.1 Å². The molecule has 2 aromatic rings. The molecule has 2 N–H and O–H groups in total. The highest BCUT2D eigenvalue weighted by atomic mass is 19.4. The van der Waals surface area contributed by atoms with Gasteiger partial charge in [0.05, 0.1) is 18.6 Å². The Bertz CT molecular complexity index is 806. The molecule has 0 radical (unpaired) electrons. The lowest BCUT2D eigenvalue weighted by atomic mass is 10.1. The van der Waals surface area contributed by atoms with Crippen molar-refractivity contribution in [3.8, 4) is 0 Å². The summed E-state index contributed by atoms with van der Waals surface area (Å²) in [5.74, 6) is -1.36. The van der Waals surface area contributed by atoms with Gasteiger partial charge in [-0.3, -0.25) is 4.79 Å². The summed E-state index contributed by atoms with van der Waals surface area (Å²) in [6, 6.07) is 12.8. The topological polar surface area (TPSA) is 75.6 Å². The van der Waals surface area contributed by atoms with E-state index in [4.69, 9.17) is 5.11 Å². The zero-order valence-electron chi connectivity index (χ0n) is 14.3. The van der Waals surface area contributed by atoms with Gasteiger partial charge in [0, 0.05) is 6.54 Å². The zero-order valence-corrected chi connectivity index (χ0v) is 14.3. The quantitative estimate of drug-likeness (QED) is 0.736. The van der Waals surface area contributed by atoms with Crippen LogP contribution in [0.3, 0.4) is 0 Å². The number of hydrogen-bond donors (Lipinski definition) is 2. The summed E-state index contributed by atoms with van der Waals surface area (Å²) in [7, 11) is 0. The van der Waals surface area contributed by atoms with Crippen LogP contribution in [-0.4, -0.2) is 29.8 Å². The highest BCUT2D eigenvalue weighted by Gasteiger charge is 2.27. The van der Waals surface area contributed by atoms with Gasteiger partial charge in [0.2, 0.25) is 5.91 Å². The van der Waals surface area contributed by atoms with Gasteiger partial charge in [0.1, 0.15) is 6.61 Å². The fourth-order valence-corrected chi connectivity index (χ4v) is 2.38. The number of halogens is 3. The smallest absolute Gasteiger partial charge is 0.411 e. The number of ether oxygens (including phenoxy) is 1. The number of benzene rings is 2. The number of carboxylic acids is 1. The second kappa shape index (κ2) is 9.18. The lowest BCUT2D eigenvalue weighted by molar-refractivity contribution is -0.176. The van der Waals surface area contributed by atoms with Gasteiger partial charge in [-0.25, -0.2) is 4.79 Å². The first-order chi connectivity index (χ1) is 12.7. The summed E-state index contributed by atoms with van der Waals surface area (Å²) in [5.41, 5.74) is 1.96. The van der Waals surface area contributed by atoms with Crippen molar-refractivity contribution in [1.82, 2.24) is 5.32 Å². The van der Waals surface area contributed by atoms with Crippen molar-refractivity contribution in [2.45, 2.75) is 25.7 Å². The number of rotatable bonds is 8. The number of aromatic carboxylic acids is 1. The van der Waals surface area contributed by atoms with Crippen LogP contribution in [0.4, 0.5) is 13.2 Å². The molecule has 1 amide bonds. The minimum atomic E-state index is -4.37. The summed E-state index contributed by atoms with van der Waals surface area (Å²) in [4.78, 5) is 23.0. The summed E-state index contributed by atoms with van der Waals surface area (Å²) in [5, 5.41) is 11.7. The fourth-order valence-electron chi connectivity index (χ4n) is 2.38. The van der Waals surface area contributed by atoms with Crippen molar-refractivity contribution >= 4 is 11.9 Å². The maximum absolute atomic E-state index is 12.1. The first-order valence-electron chi connectivity index (χ1n) is 8.04. The van der Waals surface area contributed by atoms with E-state index in [0.717, 1.165) is 5.56 Å². The largest absolute Gasteiger partial charge is 0.478 e. The molecule has 144 valence electrons. The molecule has 0 fully saturated rings. The SMILES string of the molecule is O=C(Cc1cccc(C(=O)O)c1)NCc1cccc(COCC(F)(F)F)c1. The molecule has 0 saturated heterocycles. The van der Waals surface area contributed by atoms with Crippen molar-refractivity contribution in [1.29, 1.82) is 0 Å². The van der Waals surface area contributed by atoms with E-state index in [-0.39, 0.29) is 31.0 Å². The Balaban J connectivity index is 1.85. The van der Waals surface area contributed by atoms with Crippen LogP contribution in [0.1, 0.15) is 27.0 Å². The van der Waals surface area contributed by atoms with Crippen LogP contribution in [0.15, 0.2) is 48.5 Å².